The molecule has 0 aliphatic carbocycles. The molecule has 0 bridgehead atoms. The minimum atomic E-state index is 0.516. The van der Waals surface area contributed by atoms with Gasteiger partial charge in [-0.3, -0.25) is 0 Å². The first-order chi connectivity index (χ1) is 4.09. The molecule has 53 valence electrons. The molecule has 0 N–H and O–H groups in total. The highest BCUT2D eigenvalue weighted by atomic mass is 15.1. The van der Waals surface area contributed by atoms with Crippen LogP contribution in [0.4, 0.5) is 0 Å². The molecular formula is C8H16N. The fourth-order valence-electron chi connectivity index (χ4n) is 0.961. The second-order valence-corrected chi connectivity index (χ2v) is 2.75. The van der Waals surface area contributed by atoms with Crippen molar-refractivity contribution in [3.8, 4) is 0 Å². The summed E-state index contributed by atoms with van der Waals surface area (Å²) in [6, 6.07) is 1.03. The average Bonchev–Trinajstić information content (AvgIpc) is 1.64. The summed E-state index contributed by atoms with van der Waals surface area (Å²) in [5, 5.41) is 0. The third-order valence-corrected chi connectivity index (χ3v) is 1.30. The Balaban J connectivity index is 3.82. The maximum Gasteiger partial charge on any atom is 0.0529 e. The van der Waals surface area contributed by atoms with Crippen LogP contribution < -0.4 is 0 Å². The van der Waals surface area contributed by atoms with Crippen LogP contribution in [-0.2, 0) is 0 Å². The topological polar surface area (TPSA) is 3.24 Å². The van der Waals surface area contributed by atoms with Crippen molar-refractivity contribution in [1.82, 2.24) is 4.90 Å². The van der Waals surface area contributed by atoms with Gasteiger partial charge in [-0.15, -0.1) is 0 Å². The second kappa shape index (κ2) is 3.54. The summed E-state index contributed by atoms with van der Waals surface area (Å²) in [6.07, 6.45) is 2.88. The van der Waals surface area contributed by atoms with Gasteiger partial charge in [0.05, 0.1) is 6.20 Å². The summed E-state index contributed by atoms with van der Waals surface area (Å²) in [6.45, 7) is 12.2. The Hall–Kier alpha value is -0.460. The van der Waals surface area contributed by atoms with E-state index >= 15 is 0 Å². The zero-order valence-corrected chi connectivity index (χ0v) is 6.81. The van der Waals surface area contributed by atoms with Crippen LogP contribution in [0.25, 0.3) is 0 Å². The maximum absolute atomic E-state index is 3.60. The van der Waals surface area contributed by atoms with Crippen molar-refractivity contribution < 1.29 is 0 Å². The number of rotatable bonds is 3. The Morgan fingerprint density at radius 1 is 1.11 bits per heavy atom. The lowest BCUT2D eigenvalue weighted by Gasteiger charge is -2.27. The zero-order valence-electron chi connectivity index (χ0n) is 6.81. The van der Waals surface area contributed by atoms with E-state index < -0.39 is 0 Å². The van der Waals surface area contributed by atoms with E-state index in [2.05, 4.69) is 45.4 Å². The van der Waals surface area contributed by atoms with Gasteiger partial charge in [-0.2, -0.15) is 0 Å². The summed E-state index contributed by atoms with van der Waals surface area (Å²) in [5.41, 5.74) is 0. The highest BCUT2D eigenvalue weighted by Crippen LogP contribution is 2.02. The zero-order chi connectivity index (χ0) is 7.44. The van der Waals surface area contributed by atoms with Crippen LogP contribution in [0, 0.1) is 6.20 Å². The molecule has 0 spiro atoms. The van der Waals surface area contributed by atoms with Crippen molar-refractivity contribution in [1.29, 1.82) is 0 Å². The van der Waals surface area contributed by atoms with Gasteiger partial charge in [-0.05, 0) is 27.7 Å². The minimum absolute atomic E-state index is 0.516. The summed E-state index contributed by atoms with van der Waals surface area (Å²) < 4.78 is 0. The maximum atomic E-state index is 3.60. The van der Waals surface area contributed by atoms with Crippen LogP contribution in [0.5, 0.6) is 0 Å². The molecule has 0 atom stereocenters. The van der Waals surface area contributed by atoms with E-state index in [0.29, 0.717) is 12.1 Å². The Morgan fingerprint density at radius 2 is 1.44 bits per heavy atom. The van der Waals surface area contributed by atoms with E-state index in [0.717, 1.165) is 0 Å². The van der Waals surface area contributed by atoms with Crippen LogP contribution in [0.2, 0.25) is 0 Å². The van der Waals surface area contributed by atoms with Crippen molar-refractivity contribution in [3.63, 3.8) is 0 Å². The van der Waals surface area contributed by atoms with Crippen molar-refractivity contribution >= 4 is 0 Å². The molecule has 0 aromatic heterocycles. The molecule has 0 aromatic carbocycles. The smallest absolute Gasteiger partial charge is 0.0529 e. The average molecular weight is 126 g/mol. The standard InChI is InChI=1S/C8H16N/c1-6-9(7(2)3)8(4)5/h7-8H,1H2,2-5H3. The summed E-state index contributed by atoms with van der Waals surface area (Å²) >= 11 is 0. The van der Waals surface area contributed by atoms with Gasteiger partial charge < -0.3 is 4.90 Å². The van der Waals surface area contributed by atoms with Gasteiger partial charge in [0.25, 0.3) is 0 Å². The quantitative estimate of drug-likeness (QED) is 0.523. The van der Waals surface area contributed by atoms with Crippen LogP contribution in [0.3, 0.4) is 0 Å². The van der Waals surface area contributed by atoms with E-state index in [1.807, 2.05) is 0 Å². The lowest BCUT2D eigenvalue weighted by molar-refractivity contribution is 0.243. The lowest BCUT2D eigenvalue weighted by Crippen LogP contribution is -2.31. The molecule has 0 rings (SSSR count). The van der Waals surface area contributed by atoms with Crippen molar-refractivity contribution in [2.45, 2.75) is 39.8 Å². The predicted octanol–water partition coefficient (Wildman–Crippen LogP) is 2.05. The highest BCUT2D eigenvalue weighted by molar-refractivity contribution is 4.70. The van der Waals surface area contributed by atoms with E-state index in [-0.39, 0.29) is 0 Å². The van der Waals surface area contributed by atoms with Crippen molar-refractivity contribution in [2.75, 3.05) is 0 Å². The fourth-order valence-corrected chi connectivity index (χ4v) is 0.961. The monoisotopic (exact) mass is 126 g/mol. The molecule has 0 saturated carbocycles. The molecule has 0 fully saturated rings. The Labute approximate surface area is 58.4 Å². The molecule has 1 nitrogen and oxygen atoms in total. The largest absolute Gasteiger partial charge is 0.366 e. The van der Waals surface area contributed by atoms with Crippen LogP contribution >= 0.6 is 0 Å². The van der Waals surface area contributed by atoms with E-state index in [9.17, 15) is 0 Å². The SMILES string of the molecule is C=[C]N(C(C)C)C(C)C. The van der Waals surface area contributed by atoms with Crippen LogP contribution in [-0.4, -0.2) is 17.0 Å². The molecular weight excluding hydrogens is 110 g/mol. The second-order valence-electron chi connectivity index (χ2n) is 2.75. The summed E-state index contributed by atoms with van der Waals surface area (Å²) in [4.78, 5) is 2.10. The van der Waals surface area contributed by atoms with Crippen LogP contribution in [0.1, 0.15) is 27.7 Å². The van der Waals surface area contributed by atoms with Crippen molar-refractivity contribution in [2.24, 2.45) is 0 Å². The normalized spacial score (nSPS) is 10.4. The van der Waals surface area contributed by atoms with E-state index in [4.69, 9.17) is 0 Å². The van der Waals surface area contributed by atoms with Gasteiger partial charge in [0.15, 0.2) is 0 Å². The first-order valence-electron chi connectivity index (χ1n) is 3.40. The Bertz CT molecular complexity index is 76.6. The van der Waals surface area contributed by atoms with Gasteiger partial charge >= 0.3 is 0 Å². The summed E-state index contributed by atoms with van der Waals surface area (Å²) in [7, 11) is 0. The molecule has 0 saturated heterocycles. The van der Waals surface area contributed by atoms with Gasteiger partial charge in [-0.25, -0.2) is 0 Å². The lowest BCUT2D eigenvalue weighted by atomic mass is 10.2. The first-order valence-corrected chi connectivity index (χ1v) is 3.40. The van der Waals surface area contributed by atoms with Gasteiger partial charge in [0.1, 0.15) is 0 Å². The number of hydrogen-bond acceptors (Lipinski definition) is 1. The first kappa shape index (κ1) is 8.54. The number of nitrogens with zero attached hydrogens (tertiary/aromatic N) is 1. The van der Waals surface area contributed by atoms with Gasteiger partial charge in [-0.1, -0.05) is 6.58 Å². The Kier molecular flexibility index (Phi) is 3.36. The molecule has 1 radical (unpaired) electrons. The predicted molar refractivity (Wildman–Crippen MR) is 41.0 cm³/mol. The third-order valence-electron chi connectivity index (χ3n) is 1.30. The molecule has 0 heterocycles. The van der Waals surface area contributed by atoms with Gasteiger partial charge in [0, 0.05) is 12.1 Å². The Morgan fingerprint density at radius 3 is 1.44 bits per heavy atom. The molecule has 0 aliphatic heterocycles. The van der Waals surface area contributed by atoms with Crippen LogP contribution in [0.15, 0.2) is 6.58 Å². The molecule has 0 amide bonds. The van der Waals surface area contributed by atoms with Gasteiger partial charge in [0.2, 0.25) is 0 Å². The molecule has 0 aromatic rings. The highest BCUT2D eigenvalue weighted by Gasteiger charge is 2.06. The van der Waals surface area contributed by atoms with E-state index in [1.54, 1.807) is 0 Å². The molecule has 0 unspecified atom stereocenters. The third kappa shape index (κ3) is 2.54. The molecule has 0 aliphatic rings. The van der Waals surface area contributed by atoms with Crippen molar-refractivity contribution in [3.05, 3.63) is 12.8 Å². The number of hydrogen-bond donors (Lipinski definition) is 0. The van der Waals surface area contributed by atoms with E-state index in [1.165, 1.54) is 0 Å². The summed E-state index contributed by atoms with van der Waals surface area (Å²) in [5.74, 6) is 0. The molecule has 1 heteroatoms. The minimum Gasteiger partial charge on any atom is -0.366 e. The molecule has 9 heavy (non-hydrogen) atoms. The fraction of sp³-hybridized carbons (Fsp3) is 0.750.